The lowest BCUT2D eigenvalue weighted by molar-refractivity contribution is 0.0685. The number of halogens is 2. The van der Waals surface area contributed by atoms with Crippen molar-refractivity contribution in [3.8, 4) is 0 Å². The molecule has 0 amide bonds. The highest BCUT2D eigenvalue weighted by molar-refractivity contribution is 7.89. The molecule has 4 N–H and O–H groups in total. The Hall–Kier alpha value is -1.62. The van der Waals surface area contributed by atoms with Crippen molar-refractivity contribution >= 4 is 16.0 Å². The summed E-state index contributed by atoms with van der Waals surface area (Å²) in [5.41, 5.74) is -1.39. The molecule has 1 aromatic rings. The maximum absolute atomic E-state index is 13.7. The van der Waals surface area contributed by atoms with E-state index >= 15 is 0 Å². The number of carboxylic acid groups (broad SMARTS) is 1. The Morgan fingerprint density at radius 1 is 1.35 bits per heavy atom. The Labute approximate surface area is 112 Å². The number of aromatic carboxylic acids is 1. The van der Waals surface area contributed by atoms with Crippen LogP contribution in [0.2, 0.25) is 0 Å². The highest BCUT2D eigenvalue weighted by Crippen LogP contribution is 2.21. The largest absolute Gasteiger partial charge is 0.477 e. The number of carbonyl (C=O) groups is 1. The maximum atomic E-state index is 13.7. The Morgan fingerprint density at radius 2 is 1.95 bits per heavy atom. The fourth-order valence-corrected chi connectivity index (χ4v) is 2.44. The van der Waals surface area contributed by atoms with Crippen LogP contribution in [-0.4, -0.2) is 49.0 Å². The molecule has 1 rings (SSSR count). The van der Waals surface area contributed by atoms with Gasteiger partial charge in [-0.25, -0.2) is 26.7 Å². The minimum absolute atomic E-state index is 0.504. The molecule has 0 aromatic heterocycles. The molecule has 0 radical (unpaired) electrons. The number of benzene rings is 1. The van der Waals surface area contributed by atoms with Crippen LogP contribution in [0.4, 0.5) is 8.78 Å². The summed E-state index contributed by atoms with van der Waals surface area (Å²) in [5.74, 6) is -5.11. The summed E-state index contributed by atoms with van der Waals surface area (Å²) in [5, 5.41) is 26.1. The van der Waals surface area contributed by atoms with Crippen molar-refractivity contribution in [1.82, 2.24) is 4.72 Å². The molecule has 0 aliphatic carbocycles. The van der Waals surface area contributed by atoms with Gasteiger partial charge in [-0.2, -0.15) is 0 Å². The molecule has 0 aliphatic heterocycles. The molecule has 0 fully saturated rings. The number of aliphatic hydroxyl groups is 2. The number of hydrogen-bond acceptors (Lipinski definition) is 5. The fraction of sp³-hybridized carbons (Fsp3) is 0.300. The van der Waals surface area contributed by atoms with E-state index in [1.165, 1.54) is 0 Å². The van der Waals surface area contributed by atoms with Crippen molar-refractivity contribution in [2.45, 2.75) is 11.0 Å². The highest BCUT2D eigenvalue weighted by Gasteiger charge is 2.27. The van der Waals surface area contributed by atoms with Crippen LogP contribution in [-0.2, 0) is 10.0 Å². The van der Waals surface area contributed by atoms with Gasteiger partial charge in [0.15, 0.2) is 5.82 Å². The second-order valence-electron chi connectivity index (χ2n) is 3.73. The molecule has 20 heavy (non-hydrogen) atoms. The first-order valence-electron chi connectivity index (χ1n) is 5.20. The maximum Gasteiger partial charge on any atom is 0.341 e. The number of carboxylic acids is 1. The van der Waals surface area contributed by atoms with E-state index in [2.05, 4.69) is 0 Å². The molecule has 0 aliphatic rings. The third-order valence-corrected chi connectivity index (χ3v) is 3.72. The van der Waals surface area contributed by atoms with Crippen LogP contribution in [0.3, 0.4) is 0 Å². The van der Waals surface area contributed by atoms with Gasteiger partial charge in [-0.1, -0.05) is 0 Å². The minimum atomic E-state index is -4.49. The predicted molar refractivity (Wildman–Crippen MR) is 61.6 cm³/mol. The molecule has 10 heteroatoms. The third-order valence-electron chi connectivity index (χ3n) is 2.28. The SMILES string of the molecule is O=C(O)c1c(F)ccc(S(=O)(=O)NCC(O)CO)c1F. The van der Waals surface area contributed by atoms with Gasteiger partial charge < -0.3 is 15.3 Å². The predicted octanol–water partition coefficient (Wildman–Crippen LogP) is -0.706. The van der Waals surface area contributed by atoms with Gasteiger partial charge >= 0.3 is 5.97 Å². The first-order valence-corrected chi connectivity index (χ1v) is 6.69. The molecule has 0 saturated heterocycles. The summed E-state index contributed by atoms with van der Waals surface area (Å²) >= 11 is 0. The van der Waals surface area contributed by atoms with Crippen LogP contribution in [0.5, 0.6) is 0 Å². The van der Waals surface area contributed by atoms with Crippen LogP contribution < -0.4 is 4.72 Å². The second-order valence-corrected chi connectivity index (χ2v) is 5.46. The van der Waals surface area contributed by atoms with Crippen molar-refractivity contribution in [1.29, 1.82) is 0 Å². The van der Waals surface area contributed by atoms with Gasteiger partial charge in [0.1, 0.15) is 16.3 Å². The van der Waals surface area contributed by atoms with E-state index in [0.717, 1.165) is 0 Å². The van der Waals surface area contributed by atoms with Crippen molar-refractivity contribution in [3.63, 3.8) is 0 Å². The Bertz CT molecular complexity index is 618. The van der Waals surface area contributed by atoms with Gasteiger partial charge in [0, 0.05) is 6.54 Å². The fourth-order valence-electron chi connectivity index (χ4n) is 1.29. The molecule has 1 aromatic carbocycles. The number of rotatable bonds is 6. The van der Waals surface area contributed by atoms with Crippen molar-refractivity contribution in [2.24, 2.45) is 0 Å². The first-order chi connectivity index (χ1) is 9.20. The van der Waals surface area contributed by atoms with Crippen molar-refractivity contribution < 1.29 is 37.3 Å². The highest BCUT2D eigenvalue weighted by atomic mass is 32.2. The quantitative estimate of drug-likeness (QED) is 0.550. The summed E-state index contributed by atoms with van der Waals surface area (Å²) in [6.07, 6.45) is -1.41. The van der Waals surface area contributed by atoms with E-state index in [0.29, 0.717) is 12.1 Å². The van der Waals surface area contributed by atoms with E-state index in [4.69, 9.17) is 15.3 Å². The monoisotopic (exact) mass is 311 g/mol. The second kappa shape index (κ2) is 6.22. The number of nitrogens with one attached hydrogen (secondary N) is 1. The molecule has 1 atom stereocenters. The van der Waals surface area contributed by atoms with Gasteiger partial charge in [-0.15, -0.1) is 0 Å². The molecule has 0 saturated carbocycles. The van der Waals surface area contributed by atoms with Gasteiger partial charge in [-0.3, -0.25) is 0 Å². The summed E-state index contributed by atoms with van der Waals surface area (Å²) < 4.78 is 52.0. The summed E-state index contributed by atoms with van der Waals surface area (Å²) in [6.45, 7) is -1.34. The zero-order chi connectivity index (χ0) is 15.5. The van der Waals surface area contributed by atoms with Crippen LogP contribution in [0.15, 0.2) is 17.0 Å². The van der Waals surface area contributed by atoms with Gasteiger partial charge in [-0.05, 0) is 12.1 Å². The molecule has 1 unspecified atom stereocenters. The Balaban J connectivity index is 3.20. The number of hydrogen-bond donors (Lipinski definition) is 4. The van der Waals surface area contributed by atoms with E-state index in [1.54, 1.807) is 4.72 Å². The van der Waals surface area contributed by atoms with E-state index in [1.807, 2.05) is 0 Å². The molecule has 112 valence electrons. The van der Waals surface area contributed by atoms with Crippen molar-refractivity contribution in [2.75, 3.05) is 13.2 Å². The summed E-state index contributed by atoms with van der Waals surface area (Å²) in [7, 11) is -4.49. The molecular weight excluding hydrogens is 300 g/mol. The standard InChI is InChI=1S/C10H11F2NO6S/c11-6-1-2-7(9(12)8(6)10(16)17)20(18,19)13-3-5(15)4-14/h1-2,5,13-15H,3-4H2,(H,16,17). The van der Waals surface area contributed by atoms with Crippen molar-refractivity contribution in [3.05, 3.63) is 29.3 Å². The number of aliphatic hydroxyl groups excluding tert-OH is 2. The lowest BCUT2D eigenvalue weighted by atomic mass is 10.2. The van der Waals surface area contributed by atoms with Crippen LogP contribution in [0.1, 0.15) is 10.4 Å². The zero-order valence-corrected chi connectivity index (χ0v) is 10.7. The first kappa shape index (κ1) is 16.4. The molecular formula is C10H11F2NO6S. The lowest BCUT2D eigenvalue weighted by Crippen LogP contribution is -2.34. The summed E-state index contributed by atoms with van der Waals surface area (Å²) in [6, 6.07) is 1.06. The third kappa shape index (κ3) is 3.48. The average molecular weight is 311 g/mol. The normalized spacial score (nSPS) is 13.2. The molecule has 0 spiro atoms. The number of sulfonamides is 1. The lowest BCUT2D eigenvalue weighted by Gasteiger charge is -2.11. The summed E-state index contributed by atoms with van der Waals surface area (Å²) in [4.78, 5) is 9.60. The average Bonchev–Trinajstić information content (AvgIpc) is 2.35. The Kier molecular flexibility index (Phi) is 5.11. The molecule has 0 bridgehead atoms. The zero-order valence-electron chi connectivity index (χ0n) is 9.88. The van der Waals surface area contributed by atoms with Gasteiger partial charge in [0.2, 0.25) is 10.0 Å². The van der Waals surface area contributed by atoms with Crippen LogP contribution in [0.25, 0.3) is 0 Å². The van der Waals surface area contributed by atoms with E-state index in [9.17, 15) is 22.0 Å². The molecule has 7 nitrogen and oxygen atoms in total. The van der Waals surface area contributed by atoms with E-state index in [-0.39, 0.29) is 0 Å². The minimum Gasteiger partial charge on any atom is -0.477 e. The van der Waals surface area contributed by atoms with E-state index < -0.39 is 57.3 Å². The van der Waals surface area contributed by atoms with Gasteiger partial charge in [0.05, 0.1) is 12.7 Å². The topological polar surface area (TPSA) is 124 Å². The van der Waals surface area contributed by atoms with Crippen LogP contribution in [0, 0.1) is 11.6 Å². The van der Waals surface area contributed by atoms with Gasteiger partial charge in [0.25, 0.3) is 0 Å². The molecule has 0 heterocycles. The smallest absolute Gasteiger partial charge is 0.341 e. The Morgan fingerprint density at radius 3 is 2.45 bits per heavy atom. The van der Waals surface area contributed by atoms with Crippen LogP contribution >= 0.6 is 0 Å².